The van der Waals surface area contributed by atoms with E-state index in [1.165, 1.54) is 0 Å². The van der Waals surface area contributed by atoms with Crippen LogP contribution in [0.25, 0.3) is 11.0 Å². The van der Waals surface area contributed by atoms with Gasteiger partial charge in [-0.05, 0) is 33.8 Å². The summed E-state index contributed by atoms with van der Waals surface area (Å²) in [6.07, 6.45) is 0. The van der Waals surface area contributed by atoms with Crippen molar-refractivity contribution in [3.05, 3.63) is 52.6 Å². The molecule has 132 valence electrons. The molecule has 2 aromatic heterocycles. The zero-order valence-corrected chi connectivity index (χ0v) is 15.1. The van der Waals surface area contributed by atoms with Crippen LogP contribution in [0, 0.1) is 20.8 Å². The van der Waals surface area contributed by atoms with E-state index in [4.69, 9.17) is 8.94 Å². The summed E-state index contributed by atoms with van der Waals surface area (Å²) in [5.74, 6) is 2.47. The van der Waals surface area contributed by atoms with Gasteiger partial charge in [-0.1, -0.05) is 23.4 Å². The second-order valence-electron chi connectivity index (χ2n) is 6.00. The quantitative estimate of drug-likeness (QED) is 0.548. The molecular formula is C19H24N4O2. The van der Waals surface area contributed by atoms with Gasteiger partial charge in [0, 0.05) is 23.1 Å². The van der Waals surface area contributed by atoms with Crippen molar-refractivity contribution in [2.45, 2.75) is 40.8 Å². The van der Waals surface area contributed by atoms with Gasteiger partial charge in [-0.3, -0.25) is 0 Å². The van der Waals surface area contributed by atoms with Crippen LogP contribution in [-0.2, 0) is 13.1 Å². The van der Waals surface area contributed by atoms with Gasteiger partial charge in [-0.15, -0.1) is 0 Å². The molecule has 0 fully saturated rings. The van der Waals surface area contributed by atoms with Gasteiger partial charge < -0.3 is 19.6 Å². The van der Waals surface area contributed by atoms with Gasteiger partial charge in [0.05, 0.1) is 18.8 Å². The van der Waals surface area contributed by atoms with E-state index < -0.39 is 0 Å². The highest BCUT2D eigenvalue weighted by Crippen LogP contribution is 2.24. The molecule has 1 aromatic carbocycles. The lowest BCUT2D eigenvalue weighted by atomic mass is 10.1. The molecule has 0 aliphatic heterocycles. The Morgan fingerprint density at radius 3 is 2.64 bits per heavy atom. The average Bonchev–Trinajstić information content (AvgIpc) is 3.10. The van der Waals surface area contributed by atoms with Gasteiger partial charge in [-0.2, -0.15) is 0 Å². The molecule has 0 saturated carbocycles. The first kappa shape index (κ1) is 17.1. The first-order valence-electron chi connectivity index (χ1n) is 8.51. The molecule has 0 unspecified atom stereocenters. The minimum Gasteiger partial charge on any atom is -0.459 e. The van der Waals surface area contributed by atoms with Gasteiger partial charge in [0.1, 0.15) is 17.1 Å². The Balaban J connectivity index is 1.73. The van der Waals surface area contributed by atoms with Crippen LogP contribution in [-0.4, -0.2) is 17.7 Å². The third kappa shape index (κ3) is 3.68. The van der Waals surface area contributed by atoms with Crippen LogP contribution in [0.4, 0.5) is 0 Å². The number of guanidine groups is 1. The molecule has 0 bridgehead atoms. The Hall–Kier alpha value is -2.76. The Morgan fingerprint density at radius 2 is 1.96 bits per heavy atom. The minimum atomic E-state index is 0.523. The summed E-state index contributed by atoms with van der Waals surface area (Å²) < 4.78 is 11.1. The summed E-state index contributed by atoms with van der Waals surface area (Å²) in [6, 6.07) is 8.08. The SMILES string of the molecule is CCNC(=NCc1c(C)noc1C)NCc1oc2ccccc2c1C. The zero-order chi connectivity index (χ0) is 17.8. The van der Waals surface area contributed by atoms with E-state index >= 15 is 0 Å². The lowest BCUT2D eigenvalue weighted by Crippen LogP contribution is -2.36. The number of benzene rings is 1. The molecule has 0 radical (unpaired) electrons. The van der Waals surface area contributed by atoms with Crippen LogP contribution in [0.3, 0.4) is 0 Å². The van der Waals surface area contributed by atoms with E-state index in [0.717, 1.165) is 51.8 Å². The summed E-state index contributed by atoms with van der Waals surface area (Å²) in [4.78, 5) is 4.63. The Kier molecular flexibility index (Phi) is 5.07. The molecular weight excluding hydrogens is 316 g/mol. The van der Waals surface area contributed by atoms with Crippen molar-refractivity contribution in [1.29, 1.82) is 0 Å². The van der Waals surface area contributed by atoms with Crippen molar-refractivity contribution < 1.29 is 8.94 Å². The van der Waals surface area contributed by atoms with Gasteiger partial charge in [0.2, 0.25) is 0 Å². The van der Waals surface area contributed by atoms with E-state index in [0.29, 0.717) is 13.1 Å². The van der Waals surface area contributed by atoms with Crippen molar-refractivity contribution in [2.24, 2.45) is 4.99 Å². The molecule has 0 saturated heterocycles. The van der Waals surface area contributed by atoms with Crippen LogP contribution < -0.4 is 10.6 Å². The fraction of sp³-hybridized carbons (Fsp3) is 0.368. The highest BCUT2D eigenvalue weighted by atomic mass is 16.5. The monoisotopic (exact) mass is 340 g/mol. The maximum atomic E-state index is 5.95. The summed E-state index contributed by atoms with van der Waals surface area (Å²) in [5.41, 5.74) is 3.97. The topological polar surface area (TPSA) is 75.6 Å². The molecule has 3 rings (SSSR count). The van der Waals surface area contributed by atoms with Crippen LogP contribution in [0.2, 0.25) is 0 Å². The fourth-order valence-electron chi connectivity index (χ4n) is 2.79. The maximum Gasteiger partial charge on any atom is 0.191 e. The lowest BCUT2D eigenvalue weighted by Gasteiger charge is -2.10. The second kappa shape index (κ2) is 7.42. The molecule has 0 spiro atoms. The number of aromatic nitrogens is 1. The minimum absolute atomic E-state index is 0.523. The highest BCUT2D eigenvalue weighted by molar-refractivity contribution is 5.83. The number of nitrogens with one attached hydrogen (secondary N) is 2. The third-order valence-electron chi connectivity index (χ3n) is 4.28. The highest BCUT2D eigenvalue weighted by Gasteiger charge is 2.11. The molecule has 25 heavy (non-hydrogen) atoms. The van der Waals surface area contributed by atoms with Gasteiger partial charge in [0.25, 0.3) is 0 Å². The van der Waals surface area contributed by atoms with Gasteiger partial charge in [-0.25, -0.2) is 4.99 Å². The normalized spacial score (nSPS) is 11.9. The van der Waals surface area contributed by atoms with Crippen LogP contribution in [0.5, 0.6) is 0 Å². The molecule has 0 atom stereocenters. The predicted molar refractivity (Wildman–Crippen MR) is 98.6 cm³/mol. The standard InChI is InChI=1S/C19H24N4O2/c1-5-20-19(21-10-16-13(3)23-25-14(16)4)22-11-18-12(2)15-8-6-7-9-17(15)24-18/h6-9H,5,10-11H2,1-4H3,(H2,20,21,22). The van der Waals surface area contributed by atoms with E-state index in [1.807, 2.05) is 39.0 Å². The van der Waals surface area contributed by atoms with Crippen molar-refractivity contribution in [2.75, 3.05) is 6.54 Å². The second-order valence-corrected chi connectivity index (χ2v) is 6.00. The molecule has 2 N–H and O–H groups in total. The van der Waals surface area contributed by atoms with Crippen molar-refractivity contribution in [1.82, 2.24) is 15.8 Å². The maximum absolute atomic E-state index is 5.95. The van der Waals surface area contributed by atoms with Crippen LogP contribution >= 0.6 is 0 Å². The summed E-state index contributed by atoms with van der Waals surface area (Å²) in [5, 5.41) is 11.7. The Bertz CT molecular complexity index is 873. The molecule has 0 aliphatic carbocycles. The van der Waals surface area contributed by atoms with Gasteiger partial charge >= 0.3 is 0 Å². The first-order chi connectivity index (χ1) is 12.1. The molecule has 3 aromatic rings. The number of aryl methyl sites for hydroxylation is 3. The number of para-hydroxylation sites is 1. The van der Waals surface area contributed by atoms with Crippen LogP contribution in [0.1, 0.15) is 35.3 Å². The van der Waals surface area contributed by atoms with Crippen molar-refractivity contribution in [3.63, 3.8) is 0 Å². The molecule has 2 heterocycles. The largest absolute Gasteiger partial charge is 0.459 e. The molecule has 0 amide bonds. The summed E-state index contributed by atoms with van der Waals surface area (Å²) in [7, 11) is 0. The molecule has 0 aliphatic rings. The molecule has 6 heteroatoms. The zero-order valence-electron chi connectivity index (χ0n) is 15.1. The summed E-state index contributed by atoms with van der Waals surface area (Å²) in [6.45, 7) is 9.84. The third-order valence-corrected chi connectivity index (χ3v) is 4.28. The van der Waals surface area contributed by atoms with Crippen LogP contribution in [0.15, 0.2) is 38.2 Å². The number of rotatable bonds is 5. The fourth-order valence-corrected chi connectivity index (χ4v) is 2.79. The Labute approximate surface area is 147 Å². The van der Waals surface area contributed by atoms with Crippen molar-refractivity contribution >= 4 is 16.9 Å². The number of hydrogen-bond acceptors (Lipinski definition) is 4. The predicted octanol–water partition coefficient (Wildman–Crippen LogP) is 3.60. The lowest BCUT2D eigenvalue weighted by molar-refractivity contribution is 0.392. The van der Waals surface area contributed by atoms with Crippen molar-refractivity contribution in [3.8, 4) is 0 Å². The number of furan rings is 1. The van der Waals surface area contributed by atoms with E-state index in [2.05, 4.69) is 33.8 Å². The Morgan fingerprint density at radius 1 is 1.16 bits per heavy atom. The summed E-state index contributed by atoms with van der Waals surface area (Å²) >= 11 is 0. The number of nitrogens with zero attached hydrogens (tertiary/aromatic N) is 2. The molecule has 6 nitrogen and oxygen atoms in total. The first-order valence-corrected chi connectivity index (χ1v) is 8.51. The number of aliphatic imine (C=N–C) groups is 1. The van der Waals surface area contributed by atoms with E-state index in [1.54, 1.807) is 0 Å². The number of fused-ring (bicyclic) bond motifs is 1. The van der Waals surface area contributed by atoms with E-state index in [-0.39, 0.29) is 0 Å². The smallest absolute Gasteiger partial charge is 0.191 e. The average molecular weight is 340 g/mol. The number of hydrogen-bond donors (Lipinski definition) is 2. The van der Waals surface area contributed by atoms with E-state index in [9.17, 15) is 0 Å². The van der Waals surface area contributed by atoms with Gasteiger partial charge in [0.15, 0.2) is 5.96 Å².